The van der Waals surface area contributed by atoms with Crippen molar-refractivity contribution < 1.29 is 9.53 Å². The van der Waals surface area contributed by atoms with Gasteiger partial charge in [-0.1, -0.05) is 6.92 Å². The van der Waals surface area contributed by atoms with Crippen molar-refractivity contribution >= 4 is 28.6 Å². The topological polar surface area (TPSA) is 69.9 Å². The van der Waals surface area contributed by atoms with E-state index >= 15 is 0 Å². The highest BCUT2D eigenvalue weighted by Crippen LogP contribution is 2.22. The Labute approximate surface area is 111 Å². The van der Waals surface area contributed by atoms with Crippen LogP contribution in [0.15, 0.2) is 24.5 Å². The van der Waals surface area contributed by atoms with Crippen LogP contribution in [0.3, 0.4) is 0 Å². The number of rotatable bonds is 3. The molecule has 17 heavy (non-hydrogen) atoms. The first-order valence-corrected chi connectivity index (χ1v) is 6.02. The number of benzene rings is 1. The number of carbonyl (C=O) groups excluding carboxylic acids is 1. The smallest absolute Gasteiger partial charge is 0.310 e. The maximum atomic E-state index is 11.1. The molecule has 1 heterocycles. The number of ether oxygens (including phenoxy) is 1. The van der Waals surface area contributed by atoms with E-state index in [2.05, 4.69) is 38.1 Å². The number of hydrogen-bond acceptors (Lipinski definition) is 5. The fraction of sp³-hybridized carbons (Fsp3) is 0.200. The van der Waals surface area contributed by atoms with Crippen molar-refractivity contribution in [3.05, 3.63) is 28.1 Å². The molecule has 0 aliphatic heterocycles. The van der Waals surface area contributed by atoms with Gasteiger partial charge >= 0.3 is 5.97 Å². The SMILES string of the molecule is CCC(=O)Oc1ccc(-n2cnnn2)c(I)c1. The summed E-state index contributed by atoms with van der Waals surface area (Å²) in [5.74, 6) is 0.272. The number of hydrogen-bond donors (Lipinski definition) is 0. The van der Waals surface area contributed by atoms with E-state index in [1.807, 2.05) is 0 Å². The molecule has 1 aromatic carbocycles. The van der Waals surface area contributed by atoms with Crippen LogP contribution < -0.4 is 4.74 Å². The normalized spacial score (nSPS) is 10.2. The van der Waals surface area contributed by atoms with E-state index in [0.29, 0.717) is 12.2 Å². The van der Waals surface area contributed by atoms with Crippen molar-refractivity contribution in [2.75, 3.05) is 0 Å². The second-order valence-electron chi connectivity index (χ2n) is 3.20. The lowest BCUT2D eigenvalue weighted by atomic mass is 10.3. The Bertz CT molecular complexity index is 527. The van der Waals surface area contributed by atoms with Gasteiger partial charge < -0.3 is 4.74 Å². The van der Waals surface area contributed by atoms with Gasteiger partial charge in [-0.3, -0.25) is 4.79 Å². The van der Waals surface area contributed by atoms with Gasteiger partial charge in [-0.25, -0.2) is 0 Å². The molecule has 0 bridgehead atoms. The maximum absolute atomic E-state index is 11.1. The predicted octanol–water partition coefficient (Wildman–Crippen LogP) is 1.58. The van der Waals surface area contributed by atoms with Gasteiger partial charge in [0.1, 0.15) is 12.1 Å². The molecule has 2 aromatic rings. The molecule has 0 spiro atoms. The molecular formula is C10H9IN4O2. The molecule has 0 amide bonds. The molecule has 0 saturated carbocycles. The van der Waals surface area contributed by atoms with Gasteiger partial charge in [0.05, 0.1) is 5.69 Å². The third-order valence-corrected chi connectivity index (χ3v) is 2.90. The summed E-state index contributed by atoms with van der Waals surface area (Å²) in [5.41, 5.74) is 0.840. The molecule has 0 aliphatic rings. The van der Waals surface area contributed by atoms with Gasteiger partial charge in [0.25, 0.3) is 0 Å². The standard InChI is InChI=1S/C10H9IN4O2/c1-2-10(16)17-7-3-4-9(8(11)5-7)15-6-12-13-14-15/h3-6H,2H2,1H3. The highest BCUT2D eigenvalue weighted by molar-refractivity contribution is 14.1. The summed E-state index contributed by atoms with van der Waals surface area (Å²) in [6, 6.07) is 5.29. The van der Waals surface area contributed by atoms with E-state index < -0.39 is 0 Å². The van der Waals surface area contributed by atoms with Crippen LogP contribution in [0.1, 0.15) is 13.3 Å². The van der Waals surface area contributed by atoms with E-state index in [-0.39, 0.29) is 5.97 Å². The third kappa shape index (κ3) is 2.78. The lowest BCUT2D eigenvalue weighted by Crippen LogP contribution is -2.06. The first-order chi connectivity index (χ1) is 8.20. The summed E-state index contributed by atoms with van der Waals surface area (Å²) in [7, 11) is 0. The summed E-state index contributed by atoms with van der Waals surface area (Å²) in [5, 5.41) is 10.9. The minimum absolute atomic E-state index is 0.254. The minimum atomic E-state index is -0.254. The Morgan fingerprint density at radius 2 is 2.35 bits per heavy atom. The van der Waals surface area contributed by atoms with Crippen LogP contribution in [-0.4, -0.2) is 26.2 Å². The van der Waals surface area contributed by atoms with E-state index in [1.54, 1.807) is 29.8 Å². The van der Waals surface area contributed by atoms with Crippen molar-refractivity contribution in [2.24, 2.45) is 0 Å². The van der Waals surface area contributed by atoms with Crippen molar-refractivity contribution in [1.82, 2.24) is 20.2 Å². The number of nitrogens with zero attached hydrogens (tertiary/aromatic N) is 4. The third-order valence-electron chi connectivity index (χ3n) is 2.04. The Kier molecular flexibility index (Phi) is 3.67. The molecule has 0 saturated heterocycles. The summed E-state index contributed by atoms with van der Waals surface area (Å²) in [6.07, 6.45) is 1.86. The molecule has 0 fully saturated rings. The first-order valence-electron chi connectivity index (χ1n) is 4.94. The van der Waals surface area contributed by atoms with E-state index in [1.165, 1.54) is 6.33 Å². The molecule has 1 aromatic heterocycles. The second kappa shape index (κ2) is 5.21. The molecule has 7 heteroatoms. The fourth-order valence-corrected chi connectivity index (χ4v) is 1.95. The summed E-state index contributed by atoms with van der Waals surface area (Å²) >= 11 is 2.14. The van der Waals surface area contributed by atoms with Crippen LogP contribution in [0.25, 0.3) is 5.69 Å². The molecule has 0 radical (unpaired) electrons. The molecule has 0 aliphatic carbocycles. The van der Waals surface area contributed by atoms with Crippen LogP contribution >= 0.6 is 22.6 Å². The molecule has 0 atom stereocenters. The second-order valence-corrected chi connectivity index (χ2v) is 4.36. The molecule has 0 N–H and O–H groups in total. The highest BCUT2D eigenvalue weighted by Gasteiger charge is 2.07. The Hall–Kier alpha value is -1.51. The van der Waals surface area contributed by atoms with Gasteiger partial charge in [0.2, 0.25) is 0 Å². The molecule has 88 valence electrons. The number of tetrazole rings is 1. The monoisotopic (exact) mass is 344 g/mol. The highest BCUT2D eigenvalue weighted by atomic mass is 127. The van der Waals surface area contributed by atoms with Gasteiger partial charge in [-0.05, 0) is 51.2 Å². The zero-order valence-corrected chi connectivity index (χ0v) is 11.2. The summed E-state index contributed by atoms with van der Waals surface area (Å²) in [4.78, 5) is 11.1. The van der Waals surface area contributed by atoms with Gasteiger partial charge in [0.15, 0.2) is 0 Å². The Morgan fingerprint density at radius 1 is 1.53 bits per heavy atom. The van der Waals surface area contributed by atoms with Crippen molar-refractivity contribution in [3.63, 3.8) is 0 Å². The van der Waals surface area contributed by atoms with Crippen LogP contribution in [0, 0.1) is 3.57 Å². The molecule has 6 nitrogen and oxygen atoms in total. The number of halogens is 1. The maximum Gasteiger partial charge on any atom is 0.310 e. The van der Waals surface area contributed by atoms with E-state index in [4.69, 9.17) is 4.74 Å². The van der Waals surface area contributed by atoms with E-state index in [9.17, 15) is 4.79 Å². The largest absolute Gasteiger partial charge is 0.426 e. The summed E-state index contributed by atoms with van der Waals surface area (Å²) < 4.78 is 7.56. The average Bonchev–Trinajstić information content (AvgIpc) is 2.82. The molecular weight excluding hydrogens is 335 g/mol. The van der Waals surface area contributed by atoms with Crippen molar-refractivity contribution in [2.45, 2.75) is 13.3 Å². The van der Waals surface area contributed by atoms with Crippen LogP contribution in [0.2, 0.25) is 0 Å². The molecule has 2 rings (SSSR count). The van der Waals surface area contributed by atoms with Crippen LogP contribution in [-0.2, 0) is 4.79 Å². The fourth-order valence-electron chi connectivity index (χ4n) is 1.21. The average molecular weight is 344 g/mol. The number of aromatic nitrogens is 4. The minimum Gasteiger partial charge on any atom is -0.426 e. The zero-order chi connectivity index (χ0) is 12.3. The lowest BCUT2D eigenvalue weighted by molar-refractivity contribution is -0.134. The predicted molar refractivity (Wildman–Crippen MR) is 67.8 cm³/mol. The van der Waals surface area contributed by atoms with Crippen LogP contribution in [0.4, 0.5) is 0 Å². The number of carbonyl (C=O) groups is 1. The quantitative estimate of drug-likeness (QED) is 0.480. The zero-order valence-electron chi connectivity index (χ0n) is 9.00. The van der Waals surface area contributed by atoms with Crippen molar-refractivity contribution in [1.29, 1.82) is 0 Å². The number of esters is 1. The lowest BCUT2D eigenvalue weighted by Gasteiger charge is -2.06. The Morgan fingerprint density at radius 3 is 2.94 bits per heavy atom. The first kappa shape index (κ1) is 12.0. The van der Waals surface area contributed by atoms with Crippen LogP contribution in [0.5, 0.6) is 5.75 Å². The van der Waals surface area contributed by atoms with E-state index in [0.717, 1.165) is 9.26 Å². The molecule has 0 unspecified atom stereocenters. The van der Waals surface area contributed by atoms with Gasteiger partial charge in [-0.15, -0.1) is 5.10 Å². The Balaban J connectivity index is 2.26. The summed E-state index contributed by atoms with van der Waals surface area (Å²) in [6.45, 7) is 1.75. The van der Waals surface area contributed by atoms with Crippen molar-refractivity contribution in [3.8, 4) is 11.4 Å². The van der Waals surface area contributed by atoms with Gasteiger partial charge in [-0.2, -0.15) is 4.68 Å². The van der Waals surface area contributed by atoms with Gasteiger partial charge in [0, 0.05) is 9.99 Å².